The lowest BCUT2D eigenvalue weighted by molar-refractivity contribution is 0.173. The number of fused-ring (bicyclic) bond motifs is 1. The van der Waals surface area contributed by atoms with Crippen LogP contribution in [0.4, 0.5) is 0 Å². The van der Waals surface area contributed by atoms with Gasteiger partial charge < -0.3 is 5.11 Å². The van der Waals surface area contributed by atoms with Gasteiger partial charge in [-0.1, -0.05) is 0 Å². The minimum Gasteiger partial charge on any atom is -0.392 e. The lowest BCUT2D eigenvalue weighted by Crippen LogP contribution is -2.25. The smallest absolute Gasteiger partial charge is 0.252 e. The van der Waals surface area contributed by atoms with Crippen molar-refractivity contribution in [2.24, 2.45) is 0 Å². The van der Waals surface area contributed by atoms with E-state index < -0.39 is 6.10 Å². The largest absolute Gasteiger partial charge is 0.392 e. The van der Waals surface area contributed by atoms with Gasteiger partial charge in [-0.25, -0.2) is 4.98 Å². The molecule has 16 heavy (non-hydrogen) atoms. The maximum atomic E-state index is 11.7. The molecule has 1 N–H and O–H groups in total. The van der Waals surface area contributed by atoms with E-state index in [2.05, 4.69) is 20.9 Å². The van der Waals surface area contributed by atoms with Crippen LogP contribution in [0.3, 0.4) is 0 Å². The molecule has 0 aliphatic heterocycles. The van der Waals surface area contributed by atoms with Gasteiger partial charge in [-0.15, -0.1) is 0 Å². The molecule has 84 valence electrons. The molecule has 1 atom stereocenters. The summed E-state index contributed by atoms with van der Waals surface area (Å²) in [6.07, 6.45) is -0.580. The molecule has 4 nitrogen and oxygen atoms in total. The van der Waals surface area contributed by atoms with Gasteiger partial charge in [0, 0.05) is 11.5 Å². The standard InChI is InChI=1S/C11H11BrN2O2/c1-7(15)6-14-10(16)5-3-8-2-4-9(12)13-11(8)14/h2-5,7,15H,6H2,1H3/t7-/m1/s1. The van der Waals surface area contributed by atoms with Crippen molar-refractivity contribution in [1.29, 1.82) is 0 Å². The Balaban J connectivity index is 2.72. The lowest BCUT2D eigenvalue weighted by atomic mass is 10.3. The third kappa shape index (κ3) is 2.15. The Kier molecular flexibility index (Phi) is 3.07. The molecule has 0 aliphatic carbocycles. The number of aromatic nitrogens is 2. The summed E-state index contributed by atoms with van der Waals surface area (Å²) in [7, 11) is 0. The number of aliphatic hydroxyl groups is 1. The number of nitrogens with zero attached hydrogens (tertiary/aromatic N) is 2. The molecule has 0 unspecified atom stereocenters. The van der Waals surface area contributed by atoms with Gasteiger partial charge >= 0.3 is 0 Å². The molecule has 0 spiro atoms. The van der Waals surface area contributed by atoms with E-state index in [1.807, 2.05) is 12.1 Å². The summed E-state index contributed by atoms with van der Waals surface area (Å²) in [6.45, 7) is 1.89. The predicted molar refractivity (Wildman–Crippen MR) is 65.4 cm³/mol. The fourth-order valence-electron chi connectivity index (χ4n) is 1.58. The summed E-state index contributed by atoms with van der Waals surface area (Å²) < 4.78 is 2.15. The second-order valence-electron chi connectivity index (χ2n) is 3.68. The Morgan fingerprint density at radius 3 is 2.81 bits per heavy atom. The first-order valence-corrected chi connectivity index (χ1v) is 5.71. The molecule has 0 aliphatic rings. The van der Waals surface area contributed by atoms with Gasteiger partial charge in [0.1, 0.15) is 10.3 Å². The van der Waals surface area contributed by atoms with E-state index in [0.717, 1.165) is 5.39 Å². The number of pyridine rings is 2. The van der Waals surface area contributed by atoms with Gasteiger partial charge in [0.25, 0.3) is 5.56 Å². The topological polar surface area (TPSA) is 55.1 Å². The summed E-state index contributed by atoms with van der Waals surface area (Å²) in [5.41, 5.74) is 0.432. The first kappa shape index (κ1) is 11.3. The van der Waals surface area contributed by atoms with Crippen molar-refractivity contribution in [2.75, 3.05) is 0 Å². The van der Waals surface area contributed by atoms with Crippen molar-refractivity contribution in [3.63, 3.8) is 0 Å². The maximum Gasteiger partial charge on any atom is 0.252 e. The summed E-state index contributed by atoms with van der Waals surface area (Å²) in [4.78, 5) is 15.9. The molecule has 2 rings (SSSR count). The number of hydrogen-bond donors (Lipinski definition) is 1. The van der Waals surface area contributed by atoms with E-state index >= 15 is 0 Å². The van der Waals surface area contributed by atoms with Crippen LogP contribution in [-0.4, -0.2) is 20.8 Å². The van der Waals surface area contributed by atoms with Crippen LogP contribution >= 0.6 is 15.9 Å². The van der Waals surface area contributed by atoms with E-state index in [4.69, 9.17) is 0 Å². The van der Waals surface area contributed by atoms with E-state index in [1.54, 1.807) is 13.0 Å². The summed E-state index contributed by atoms with van der Waals surface area (Å²) >= 11 is 3.27. The highest BCUT2D eigenvalue weighted by molar-refractivity contribution is 9.10. The fraction of sp³-hybridized carbons (Fsp3) is 0.273. The molecule has 0 saturated carbocycles. The van der Waals surface area contributed by atoms with Crippen LogP contribution in [0.5, 0.6) is 0 Å². The Bertz CT molecular complexity index is 578. The minimum absolute atomic E-state index is 0.154. The maximum absolute atomic E-state index is 11.7. The highest BCUT2D eigenvalue weighted by atomic mass is 79.9. The zero-order valence-corrected chi connectivity index (χ0v) is 10.3. The monoisotopic (exact) mass is 282 g/mol. The van der Waals surface area contributed by atoms with Crippen LogP contribution in [0.25, 0.3) is 11.0 Å². The Labute approximate surface area is 101 Å². The van der Waals surface area contributed by atoms with Crippen molar-refractivity contribution in [3.8, 4) is 0 Å². The van der Waals surface area contributed by atoms with Crippen molar-refractivity contribution in [1.82, 2.24) is 9.55 Å². The molecule has 2 heterocycles. The van der Waals surface area contributed by atoms with Crippen LogP contribution in [0, 0.1) is 0 Å². The van der Waals surface area contributed by atoms with Crippen molar-refractivity contribution in [2.45, 2.75) is 19.6 Å². The number of hydrogen-bond acceptors (Lipinski definition) is 3. The third-order valence-electron chi connectivity index (χ3n) is 2.25. The highest BCUT2D eigenvalue weighted by Gasteiger charge is 2.07. The normalized spacial score (nSPS) is 12.9. The first-order valence-electron chi connectivity index (χ1n) is 4.92. The second-order valence-corrected chi connectivity index (χ2v) is 4.49. The molecule has 0 amide bonds. The van der Waals surface area contributed by atoms with Gasteiger partial charge in [0.2, 0.25) is 0 Å². The molecule has 0 fully saturated rings. The average Bonchev–Trinajstić information content (AvgIpc) is 2.22. The van der Waals surface area contributed by atoms with Gasteiger partial charge in [-0.2, -0.15) is 0 Å². The zero-order valence-electron chi connectivity index (χ0n) is 8.72. The zero-order chi connectivity index (χ0) is 11.7. The first-order chi connectivity index (χ1) is 7.58. The average molecular weight is 283 g/mol. The summed E-state index contributed by atoms with van der Waals surface area (Å²) in [6, 6.07) is 6.92. The molecule has 0 aromatic carbocycles. The van der Waals surface area contributed by atoms with Gasteiger partial charge in [-0.05, 0) is 41.1 Å². The Morgan fingerprint density at radius 2 is 2.12 bits per heavy atom. The highest BCUT2D eigenvalue weighted by Crippen LogP contribution is 2.14. The summed E-state index contributed by atoms with van der Waals surface area (Å²) in [5.74, 6) is 0. The molecule has 2 aromatic heterocycles. The Morgan fingerprint density at radius 1 is 1.44 bits per heavy atom. The van der Waals surface area contributed by atoms with E-state index in [-0.39, 0.29) is 12.1 Å². The molecular formula is C11H11BrN2O2. The van der Waals surface area contributed by atoms with Crippen LogP contribution in [0.2, 0.25) is 0 Å². The SMILES string of the molecule is C[C@@H](O)Cn1c(=O)ccc2ccc(Br)nc21. The van der Waals surface area contributed by atoms with Gasteiger partial charge in [-0.3, -0.25) is 9.36 Å². The quantitative estimate of drug-likeness (QED) is 0.851. The van der Waals surface area contributed by atoms with Crippen molar-refractivity contribution in [3.05, 3.63) is 39.2 Å². The van der Waals surface area contributed by atoms with Crippen molar-refractivity contribution < 1.29 is 5.11 Å². The van der Waals surface area contributed by atoms with Crippen LogP contribution in [-0.2, 0) is 6.54 Å². The molecule has 0 radical (unpaired) electrons. The molecule has 0 bridgehead atoms. The molecule has 5 heteroatoms. The van der Waals surface area contributed by atoms with Crippen LogP contribution in [0.1, 0.15) is 6.92 Å². The third-order valence-corrected chi connectivity index (χ3v) is 2.69. The van der Waals surface area contributed by atoms with E-state index in [0.29, 0.717) is 10.3 Å². The van der Waals surface area contributed by atoms with Gasteiger partial charge in [0.15, 0.2) is 0 Å². The van der Waals surface area contributed by atoms with E-state index in [1.165, 1.54) is 10.6 Å². The molecule has 2 aromatic rings. The summed E-state index contributed by atoms with van der Waals surface area (Å²) in [5, 5.41) is 10.2. The molecular weight excluding hydrogens is 272 g/mol. The fourth-order valence-corrected chi connectivity index (χ4v) is 1.88. The predicted octanol–water partition coefficient (Wildman–Crippen LogP) is 1.54. The minimum atomic E-state index is -0.580. The van der Waals surface area contributed by atoms with E-state index in [9.17, 15) is 9.90 Å². The van der Waals surface area contributed by atoms with Crippen molar-refractivity contribution >= 4 is 27.0 Å². The number of rotatable bonds is 2. The van der Waals surface area contributed by atoms with Crippen LogP contribution in [0.15, 0.2) is 33.7 Å². The second kappa shape index (κ2) is 4.35. The van der Waals surface area contributed by atoms with Gasteiger partial charge in [0.05, 0.1) is 12.6 Å². The lowest BCUT2D eigenvalue weighted by Gasteiger charge is -2.10. The Hall–Kier alpha value is -1.20. The van der Waals surface area contributed by atoms with Crippen LogP contribution < -0.4 is 5.56 Å². The number of aliphatic hydroxyl groups excluding tert-OH is 1. The molecule has 0 saturated heterocycles. The number of halogens is 1.